The molecule has 1 aliphatic carbocycles. The molecule has 0 unspecified atom stereocenters. The standard InChI is InChI=1S/C13H9Cl3N2O6S/c1-13(16)11(15)10(6-9(14)12(13)19)17-24-25(22,23)8-4-2-7(3-5-8)18(20)21/h2-6,11H,1H3/b17-10-/t11-,13+/m1/s1. The van der Waals surface area contributed by atoms with Gasteiger partial charge in [-0.05, 0) is 25.1 Å². The van der Waals surface area contributed by atoms with Crippen LogP contribution in [0.4, 0.5) is 5.69 Å². The summed E-state index contributed by atoms with van der Waals surface area (Å²) >= 11 is 17.8. The Balaban J connectivity index is 2.30. The Morgan fingerprint density at radius 2 is 1.88 bits per heavy atom. The van der Waals surface area contributed by atoms with E-state index in [2.05, 4.69) is 9.44 Å². The van der Waals surface area contributed by atoms with Crippen molar-refractivity contribution in [2.45, 2.75) is 22.1 Å². The van der Waals surface area contributed by atoms with E-state index in [1.54, 1.807) is 0 Å². The number of oxime groups is 1. The normalized spacial score (nSPS) is 25.6. The van der Waals surface area contributed by atoms with E-state index >= 15 is 0 Å². The van der Waals surface area contributed by atoms with Gasteiger partial charge in [-0.15, -0.1) is 23.2 Å². The summed E-state index contributed by atoms with van der Waals surface area (Å²) in [6.07, 6.45) is 1.05. The van der Waals surface area contributed by atoms with Gasteiger partial charge in [-0.2, -0.15) is 8.42 Å². The third-order valence-corrected chi connectivity index (χ3v) is 5.81. The highest BCUT2D eigenvalue weighted by atomic mass is 35.5. The van der Waals surface area contributed by atoms with Gasteiger partial charge in [0.25, 0.3) is 5.69 Å². The number of Topliss-reactive ketones (excluding diaryl/α,β-unsaturated/α-hetero) is 1. The predicted molar refractivity (Wildman–Crippen MR) is 91.6 cm³/mol. The number of hydrogen-bond acceptors (Lipinski definition) is 7. The quantitative estimate of drug-likeness (QED) is 0.414. The number of nitro groups is 1. The molecule has 8 nitrogen and oxygen atoms in total. The maximum atomic E-state index is 12.1. The summed E-state index contributed by atoms with van der Waals surface area (Å²) in [7, 11) is -4.36. The van der Waals surface area contributed by atoms with Crippen molar-refractivity contribution < 1.29 is 22.4 Å². The summed E-state index contributed by atoms with van der Waals surface area (Å²) in [5.74, 6) is -0.631. The van der Waals surface area contributed by atoms with E-state index in [1.165, 1.54) is 6.92 Å². The molecule has 0 N–H and O–H groups in total. The molecular formula is C13H9Cl3N2O6S. The molecular weight excluding hydrogens is 419 g/mol. The Hall–Kier alpha value is -1.68. The molecule has 0 spiro atoms. The van der Waals surface area contributed by atoms with Gasteiger partial charge in [-0.1, -0.05) is 16.8 Å². The molecule has 2 atom stereocenters. The van der Waals surface area contributed by atoms with Crippen molar-refractivity contribution in [1.82, 2.24) is 0 Å². The van der Waals surface area contributed by atoms with Gasteiger partial charge in [0, 0.05) is 12.1 Å². The molecule has 2 rings (SSSR count). The number of halogens is 3. The number of nitro benzene ring substituents is 1. The van der Waals surface area contributed by atoms with Gasteiger partial charge in [0.2, 0.25) is 0 Å². The summed E-state index contributed by atoms with van der Waals surface area (Å²) in [6, 6.07) is 3.98. The topological polar surface area (TPSA) is 116 Å². The number of hydrogen-bond donors (Lipinski definition) is 0. The van der Waals surface area contributed by atoms with E-state index in [0.717, 1.165) is 30.3 Å². The zero-order valence-electron chi connectivity index (χ0n) is 12.4. The molecule has 0 heterocycles. The zero-order chi connectivity index (χ0) is 19.0. The van der Waals surface area contributed by atoms with E-state index in [-0.39, 0.29) is 21.3 Å². The van der Waals surface area contributed by atoms with Crippen LogP contribution in [0.3, 0.4) is 0 Å². The van der Waals surface area contributed by atoms with E-state index < -0.39 is 31.1 Å². The number of non-ortho nitro benzene ring substituents is 1. The molecule has 0 bridgehead atoms. The van der Waals surface area contributed by atoms with E-state index in [0.29, 0.717) is 0 Å². The predicted octanol–water partition coefficient (Wildman–Crippen LogP) is 2.97. The first kappa shape index (κ1) is 19.6. The molecule has 25 heavy (non-hydrogen) atoms. The molecule has 1 aromatic rings. The number of carbonyl (C=O) groups is 1. The van der Waals surface area contributed by atoms with Gasteiger partial charge >= 0.3 is 10.1 Å². The fraction of sp³-hybridized carbons (Fsp3) is 0.231. The lowest BCUT2D eigenvalue weighted by Gasteiger charge is -2.29. The molecule has 0 aliphatic heterocycles. The van der Waals surface area contributed by atoms with Crippen LogP contribution in [-0.2, 0) is 19.2 Å². The number of alkyl halides is 2. The Kier molecular flexibility index (Phi) is 5.43. The van der Waals surface area contributed by atoms with Crippen molar-refractivity contribution in [1.29, 1.82) is 0 Å². The molecule has 0 saturated heterocycles. The second kappa shape index (κ2) is 6.91. The van der Waals surface area contributed by atoms with Gasteiger partial charge in [-0.25, -0.2) is 0 Å². The number of nitrogens with zero attached hydrogens (tertiary/aromatic N) is 2. The highest BCUT2D eigenvalue weighted by molar-refractivity contribution is 7.86. The van der Waals surface area contributed by atoms with Crippen LogP contribution in [-0.4, -0.2) is 35.1 Å². The fourth-order valence-electron chi connectivity index (χ4n) is 1.84. The molecule has 0 aromatic heterocycles. The van der Waals surface area contributed by atoms with Crippen molar-refractivity contribution in [2.75, 3.05) is 0 Å². The summed E-state index contributed by atoms with van der Waals surface area (Å²) in [5.41, 5.74) is -0.446. The van der Waals surface area contributed by atoms with Crippen LogP contribution in [0.1, 0.15) is 6.92 Å². The van der Waals surface area contributed by atoms with Gasteiger partial charge in [0.1, 0.15) is 20.9 Å². The van der Waals surface area contributed by atoms with E-state index in [9.17, 15) is 23.3 Å². The number of allylic oxidation sites excluding steroid dienone is 2. The van der Waals surface area contributed by atoms with Gasteiger partial charge < -0.3 is 0 Å². The molecule has 0 amide bonds. The molecule has 0 fully saturated rings. The largest absolute Gasteiger partial charge is 0.358 e. The third kappa shape index (κ3) is 3.95. The second-order valence-electron chi connectivity index (χ2n) is 5.06. The number of carbonyl (C=O) groups excluding carboxylic acids is 1. The minimum Gasteiger partial charge on any atom is -0.291 e. The molecule has 12 heteroatoms. The maximum absolute atomic E-state index is 12.1. The van der Waals surface area contributed by atoms with Crippen LogP contribution >= 0.6 is 34.8 Å². The van der Waals surface area contributed by atoms with Crippen LogP contribution in [0.2, 0.25) is 0 Å². The minimum atomic E-state index is -4.36. The summed E-state index contributed by atoms with van der Waals surface area (Å²) in [6.45, 7) is 1.31. The Bertz CT molecular complexity index is 893. The summed E-state index contributed by atoms with van der Waals surface area (Å²) in [4.78, 5) is 19.8. The van der Waals surface area contributed by atoms with Crippen LogP contribution in [0.15, 0.2) is 45.4 Å². The van der Waals surface area contributed by atoms with Crippen molar-refractivity contribution in [3.8, 4) is 0 Å². The molecule has 134 valence electrons. The average molecular weight is 428 g/mol. The van der Waals surface area contributed by atoms with E-state index in [4.69, 9.17) is 34.8 Å². The van der Waals surface area contributed by atoms with E-state index in [1.807, 2.05) is 0 Å². The lowest BCUT2D eigenvalue weighted by Crippen LogP contribution is -2.46. The minimum absolute atomic E-state index is 0.158. The molecule has 1 aromatic carbocycles. The van der Waals surface area contributed by atoms with Crippen LogP contribution in [0.25, 0.3) is 0 Å². The Morgan fingerprint density at radius 3 is 2.40 bits per heavy atom. The van der Waals surface area contributed by atoms with Crippen molar-refractivity contribution in [3.05, 3.63) is 45.5 Å². The van der Waals surface area contributed by atoms with Gasteiger partial charge in [0.15, 0.2) is 5.78 Å². The summed E-state index contributed by atoms with van der Waals surface area (Å²) in [5, 5.41) is 12.5. The maximum Gasteiger partial charge on any atom is 0.358 e. The summed E-state index contributed by atoms with van der Waals surface area (Å²) < 4.78 is 28.7. The zero-order valence-corrected chi connectivity index (χ0v) is 15.4. The molecule has 1 aliphatic rings. The number of benzene rings is 1. The monoisotopic (exact) mass is 426 g/mol. The van der Waals surface area contributed by atoms with Gasteiger partial charge in [-0.3, -0.25) is 19.2 Å². The average Bonchev–Trinajstić information content (AvgIpc) is 2.55. The van der Waals surface area contributed by atoms with Gasteiger partial charge in [0.05, 0.1) is 9.96 Å². The smallest absolute Gasteiger partial charge is 0.291 e. The SMILES string of the molecule is C[C@@]1(Cl)C(=O)C(Cl)=C/C(=N/OS(=O)(=O)c2ccc([N+](=O)[O-])cc2)[C@H]1Cl. The first-order valence-electron chi connectivity index (χ1n) is 6.48. The first-order valence-corrected chi connectivity index (χ1v) is 9.08. The van der Waals surface area contributed by atoms with Crippen LogP contribution < -0.4 is 0 Å². The Labute approximate surface area is 157 Å². The highest BCUT2D eigenvalue weighted by Crippen LogP contribution is 2.35. The van der Waals surface area contributed by atoms with Crippen LogP contribution in [0, 0.1) is 10.1 Å². The number of ketones is 1. The first-order chi connectivity index (χ1) is 11.5. The van der Waals surface area contributed by atoms with Crippen LogP contribution in [0.5, 0.6) is 0 Å². The lowest BCUT2D eigenvalue weighted by atomic mass is 9.92. The lowest BCUT2D eigenvalue weighted by molar-refractivity contribution is -0.384. The molecule has 0 radical (unpaired) electrons. The highest BCUT2D eigenvalue weighted by Gasteiger charge is 2.46. The third-order valence-electron chi connectivity index (χ3n) is 3.25. The number of rotatable bonds is 4. The molecule has 0 saturated carbocycles. The second-order valence-corrected chi connectivity index (χ2v) is 8.21. The Morgan fingerprint density at radius 1 is 1.32 bits per heavy atom. The van der Waals surface area contributed by atoms with Crippen molar-refractivity contribution in [3.63, 3.8) is 0 Å². The fourth-order valence-corrected chi connectivity index (χ4v) is 3.35. The van der Waals surface area contributed by atoms with Crippen molar-refractivity contribution in [2.24, 2.45) is 5.16 Å². The van der Waals surface area contributed by atoms with Crippen molar-refractivity contribution >= 4 is 62.1 Å².